The van der Waals surface area contributed by atoms with Crippen LogP contribution in [-0.4, -0.2) is 99.0 Å². The summed E-state index contributed by atoms with van der Waals surface area (Å²) in [5, 5.41) is 47.2. The number of likely N-dealkylation sites (tertiary alicyclic amines) is 1. The molecule has 2 amide bonds. The first-order valence-corrected chi connectivity index (χ1v) is 13.0. The van der Waals surface area contributed by atoms with E-state index in [-0.39, 0.29) is 30.6 Å². The van der Waals surface area contributed by atoms with Crippen molar-refractivity contribution in [2.45, 2.75) is 37.3 Å². The fraction of sp³-hybridized carbons (Fsp3) is 0.481. The third kappa shape index (κ3) is 3.99. The molecule has 1 aliphatic heterocycles. The number of primary amides is 1. The zero-order chi connectivity index (χ0) is 29.3. The Labute approximate surface area is 228 Å². The lowest BCUT2D eigenvalue weighted by molar-refractivity contribution is -0.153. The largest absolute Gasteiger partial charge is 0.508 e. The summed E-state index contributed by atoms with van der Waals surface area (Å²) in [5.41, 5.74) is 0.362. The molecule has 0 bridgehead atoms. The highest BCUT2D eigenvalue weighted by molar-refractivity contribution is 6.24. The molecular formula is C27H31FN4O8. The minimum absolute atomic E-state index is 0.0275. The number of rotatable bonds is 5. The van der Waals surface area contributed by atoms with Crippen molar-refractivity contribution in [2.75, 3.05) is 39.0 Å². The number of ketones is 2. The number of hydrogen-bond donors (Lipinski definition) is 6. The summed E-state index contributed by atoms with van der Waals surface area (Å²) in [6, 6.07) is -0.292. The number of likely N-dealkylation sites (N-methyl/N-ethyl adjacent to an activating group) is 1. The van der Waals surface area contributed by atoms with Crippen molar-refractivity contribution in [1.29, 1.82) is 0 Å². The molecule has 4 unspecified atom stereocenters. The lowest BCUT2D eigenvalue weighted by atomic mass is 9.57. The molecule has 40 heavy (non-hydrogen) atoms. The lowest BCUT2D eigenvalue weighted by Gasteiger charge is -2.50. The van der Waals surface area contributed by atoms with Crippen molar-refractivity contribution in [3.8, 4) is 5.75 Å². The number of phenolic OH excluding ortho intramolecular Hbond substituents is 1. The summed E-state index contributed by atoms with van der Waals surface area (Å²) in [5.74, 6) is -9.61. The lowest BCUT2D eigenvalue weighted by Crippen LogP contribution is -2.65. The number of aromatic hydroxyl groups is 1. The van der Waals surface area contributed by atoms with E-state index in [1.54, 1.807) is 0 Å². The molecule has 7 N–H and O–H groups in total. The summed E-state index contributed by atoms with van der Waals surface area (Å²) < 4.78 is 15.4. The Morgan fingerprint density at radius 3 is 2.45 bits per heavy atom. The van der Waals surface area contributed by atoms with Gasteiger partial charge in [-0.1, -0.05) is 0 Å². The number of nitrogens with two attached hydrogens (primary N) is 1. The van der Waals surface area contributed by atoms with Gasteiger partial charge < -0.3 is 31.5 Å². The summed E-state index contributed by atoms with van der Waals surface area (Å²) in [6.07, 6.45) is 1.56. The Morgan fingerprint density at radius 2 is 1.85 bits per heavy atom. The van der Waals surface area contributed by atoms with E-state index < -0.39 is 86.7 Å². The van der Waals surface area contributed by atoms with Crippen molar-refractivity contribution in [1.82, 2.24) is 9.80 Å². The molecule has 214 valence electrons. The molecule has 3 aliphatic carbocycles. The molecule has 1 heterocycles. The van der Waals surface area contributed by atoms with Gasteiger partial charge in [-0.05, 0) is 58.8 Å². The van der Waals surface area contributed by atoms with Crippen molar-refractivity contribution < 1.29 is 44.0 Å². The number of aliphatic hydroxyl groups excluding tert-OH is 2. The molecule has 13 heteroatoms. The van der Waals surface area contributed by atoms with Crippen molar-refractivity contribution >= 4 is 34.8 Å². The number of halogens is 1. The molecule has 1 saturated heterocycles. The van der Waals surface area contributed by atoms with Gasteiger partial charge in [0.25, 0.3) is 5.91 Å². The summed E-state index contributed by atoms with van der Waals surface area (Å²) in [7, 11) is 2.98. The normalized spacial score (nSPS) is 28.5. The van der Waals surface area contributed by atoms with Crippen LogP contribution in [0.3, 0.4) is 0 Å². The van der Waals surface area contributed by atoms with Crippen LogP contribution in [0.15, 0.2) is 23.0 Å². The highest BCUT2D eigenvalue weighted by Crippen LogP contribution is 2.53. The van der Waals surface area contributed by atoms with Gasteiger partial charge in [0.05, 0.1) is 23.8 Å². The van der Waals surface area contributed by atoms with Crippen LogP contribution in [0.4, 0.5) is 10.1 Å². The number of nitrogens with one attached hydrogen (secondary N) is 1. The number of benzene rings is 1. The SMILES string of the molecule is CN(C)C1C(=O)C(C(N)=O)=C(O)C2(O)C(=O)C3=C(O)c4c(O)c(NC(=O)CN5CCCC5)cc(F)c4CC3CC12. The van der Waals surface area contributed by atoms with Crippen LogP contribution < -0.4 is 11.1 Å². The number of hydrogen-bond acceptors (Lipinski definition) is 10. The maximum absolute atomic E-state index is 15.4. The van der Waals surface area contributed by atoms with E-state index in [0.29, 0.717) is 0 Å². The number of fused-ring (bicyclic) bond motifs is 3. The second kappa shape index (κ2) is 9.68. The molecular weight excluding hydrogens is 527 g/mol. The van der Waals surface area contributed by atoms with E-state index in [1.807, 2.05) is 4.90 Å². The van der Waals surface area contributed by atoms with Gasteiger partial charge in [-0.25, -0.2) is 4.39 Å². The fourth-order valence-corrected chi connectivity index (χ4v) is 6.69. The molecule has 12 nitrogen and oxygen atoms in total. The smallest absolute Gasteiger partial charge is 0.255 e. The van der Waals surface area contributed by atoms with E-state index in [1.165, 1.54) is 19.0 Å². The molecule has 4 atom stereocenters. The molecule has 2 fully saturated rings. The van der Waals surface area contributed by atoms with E-state index >= 15 is 4.39 Å². The number of carbonyl (C=O) groups excluding carboxylic acids is 4. The highest BCUT2D eigenvalue weighted by Gasteiger charge is 2.64. The Kier molecular flexibility index (Phi) is 6.71. The van der Waals surface area contributed by atoms with Crippen LogP contribution in [0, 0.1) is 17.7 Å². The third-order valence-corrected chi connectivity index (χ3v) is 8.51. The standard InChI is InChI=1S/C27H31FN4O8/c1-31(2)20-13-8-11-7-12-14(28)9-15(30-16(33)10-32-5-3-4-6-32)21(34)18(12)22(35)17(11)24(37)27(13,40)25(38)19(23(20)36)26(29)39/h9,11,13,20,34-35,38,40H,3-8,10H2,1-2H3,(H2,29,39)(H,30,33). The molecule has 1 aromatic carbocycles. The van der Waals surface area contributed by atoms with Crippen molar-refractivity contribution in [2.24, 2.45) is 17.6 Å². The van der Waals surface area contributed by atoms with Gasteiger partial charge >= 0.3 is 0 Å². The molecule has 0 aromatic heterocycles. The zero-order valence-corrected chi connectivity index (χ0v) is 22.0. The number of amides is 2. The molecule has 1 aromatic rings. The second-order valence-corrected chi connectivity index (χ2v) is 11.1. The van der Waals surface area contributed by atoms with Gasteiger partial charge in [-0.2, -0.15) is 0 Å². The van der Waals surface area contributed by atoms with Gasteiger partial charge in [-0.3, -0.25) is 29.0 Å². The van der Waals surface area contributed by atoms with Crippen LogP contribution in [-0.2, 0) is 25.6 Å². The van der Waals surface area contributed by atoms with Crippen LogP contribution in [0.1, 0.15) is 30.4 Å². The van der Waals surface area contributed by atoms with Gasteiger partial charge in [-0.15, -0.1) is 0 Å². The van der Waals surface area contributed by atoms with Crippen LogP contribution in [0.5, 0.6) is 5.75 Å². The average Bonchev–Trinajstić information content (AvgIpc) is 3.37. The van der Waals surface area contributed by atoms with Crippen LogP contribution in [0.25, 0.3) is 5.76 Å². The average molecular weight is 559 g/mol. The van der Waals surface area contributed by atoms with Crippen LogP contribution in [0.2, 0.25) is 0 Å². The number of Topliss-reactive ketones (excluding diaryl/α,β-unsaturated/α-hetero) is 2. The van der Waals surface area contributed by atoms with Crippen molar-refractivity contribution in [3.05, 3.63) is 39.9 Å². The number of nitrogens with zero attached hydrogens (tertiary/aromatic N) is 2. The minimum Gasteiger partial charge on any atom is -0.508 e. The predicted molar refractivity (Wildman–Crippen MR) is 139 cm³/mol. The second-order valence-electron chi connectivity index (χ2n) is 11.1. The quantitative estimate of drug-likeness (QED) is 0.214. The maximum atomic E-state index is 15.4. The Bertz CT molecular complexity index is 1410. The monoisotopic (exact) mass is 558 g/mol. The highest BCUT2D eigenvalue weighted by atomic mass is 19.1. The maximum Gasteiger partial charge on any atom is 0.255 e. The van der Waals surface area contributed by atoms with Gasteiger partial charge in [0.2, 0.25) is 11.7 Å². The predicted octanol–water partition coefficient (Wildman–Crippen LogP) is 0.137. The summed E-state index contributed by atoms with van der Waals surface area (Å²) in [4.78, 5) is 54.8. The van der Waals surface area contributed by atoms with E-state index in [2.05, 4.69) is 5.32 Å². The number of phenols is 1. The molecule has 0 radical (unpaired) electrons. The van der Waals surface area contributed by atoms with E-state index in [9.17, 15) is 39.6 Å². The summed E-state index contributed by atoms with van der Waals surface area (Å²) in [6.45, 7) is 1.49. The third-order valence-electron chi connectivity index (χ3n) is 8.51. The molecule has 1 saturated carbocycles. The van der Waals surface area contributed by atoms with Gasteiger partial charge in [0.1, 0.15) is 22.9 Å². The fourth-order valence-electron chi connectivity index (χ4n) is 6.69. The first-order chi connectivity index (χ1) is 18.8. The Morgan fingerprint density at radius 1 is 1.20 bits per heavy atom. The van der Waals surface area contributed by atoms with Crippen molar-refractivity contribution in [3.63, 3.8) is 0 Å². The van der Waals surface area contributed by atoms with Gasteiger partial charge in [0.15, 0.2) is 17.1 Å². The zero-order valence-electron chi connectivity index (χ0n) is 22.0. The molecule has 4 aliphatic rings. The number of aliphatic hydroxyl groups is 3. The van der Waals surface area contributed by atoms with E-state index in [4.69, 9.17) is 5.73 Å². The Balaban J connectivity index is 1.60. The minimum atomic E-state index is -2.79. The molecule has 5 rings (SSSR count). The van der Waals surface area contributed by atoms with Gasteiger partial charge in [0, 0.05) is 23.1 Å². The van der Waals surface area contributed by atoms with Crippen LogP contribution >= 0.6 is 0 Å². The molecule has 0 spiro atoms. The first kappa shape index (κ1) is 27.7. The number of anilines is 1. The summed E-state index contributed by atoms with van der Waals surface area (Å²) >= 11 is 0. The Hall–Kier alpha value is -3.81. The first-order valence-electron chi connectivity index (χ1n) is 13.0. The number of carbonyl (C=O) groups is 4. The topological polar surface area (TPSA) is 194 Å². The van der Waals surface area contributed by atoms with E-state index in [0.717, 1.165) is 32.0 Å².